The number of hydrogen-bond acceptors (Lipinski definition) is 2. The maximum Gasteiger partial charge on any atom is 0.303 e. The first-order valence-electron chi connectivity index (χ1n) is 5.14. The summed E-state index contributed by atoms with van der Waals surface area (Å²) in [6.45, 7) is 8.01. The molecule has 0 aromatic rings. The molecule has 0 atom stereocenters. The van der Waals surface area contributed by atoms with Crippen molar-refractivity contribution in [2.24, 2.45) is 0 Å². The minimum Gasteiger partial charge on any atom is -0.481 e. The molecule has 13 heavy (non-hydrogen) atoms. The molecule has 3 heteroatoms. The van der Waals surface area contributed by atoms with Gasteiger partial charge in [0, 0.05) is 6.42 Å². The van der Waals surface area contributed by atoms with E-state index in [1.54, 1.807) is 0 Å². The molecule has 0 aliphatic carbocycles. The topological polar surface area (TPSA) is 40.5 Å². The molecule has 1 heterocycles. The molecule has 0 spiro atoms. The lowest BCUT2D eigenvalue weighted by molar-refractivity contribution is -0.137. The lowest BCUT2D eigenvalue weighted by Crippen LogP contribution is -2.17. The smallest absolute Gasteiger partial charge is 0.303 e. The van der Waals surface area contributed by atoms with E-state index in [1.807, 2.05) is 6.92 Å². The van der Waals surface area contributed by atoms with Crippen LogP contribution in [-0.2, 0) is 4.79 Å². The first kappa shape index (κ1) is 12.4. The van der Waals surface area contributed by atoms with Gasteiger partial charge in [-0.25, -0.2) is 0 Å². The third-order valence-corrected chi connectivity index (χ3v) is 2.11. The Kier molecular flexibility index (Phi) is 7.69. The number of carbonyl (C=O) groups is 1. The summed E-state index contributed by atoms with van der Waals surface area (Å²) in [7, 11) is 0. The number of rotatable bonds is 3. The average molecular weight is 187 g/mol. The Labute approximate surface area is 80.7 Å². The van der Waals surface area contributed by atoms with Crippen LogP contribution in [0.15, 0.2) is 0 Å². The van der Waals surface area contributed by atoms with Gasteiger partial charge in [0.05, 0.1) is 0 Å². The lowest BCUT2D eigenvalue weighted by Gasteiger charge is -2.08. The summed E-state index contributed by atoms with van der Waals surface area (Å²) >= 11 is 0. The first-order valence-corrected chi connectivity index (χ1v) is 5.14. The van der Waals surface area contributed by atoms with E-state index in [0.29, 0.717) is 6.42 Å². The molecule has 1 saturated heterocycles. The van der Waals surface area contributed by atoms with Gasteiger partial charge in [0.2, 0.25) is 0 Å². The Hall–Kier alpha value is -0.570. The third kappa shape index (κ3) is 7.78. The van der Waals surface area contributed by atoms with E-state index in [1.165, 1.54) is 32.5 Å². The number of likely N-dealkylation sites (tertiary alicyclic amines) is 1. The van der Waals surface area contributed by atoms with Crippen molar-refractivity contribution in [1.29, 1.82) is 0 Å². The summed E-state index contributed by atoms with van der Waals surface area (Å²) in [4.78, 5) is 12.1. The molecule has 1 fully saturated rings. The van der Waals surface area contributed by atoms with Gasteiger partial charge in [-0.15, -0.1) is 0 Å². The fraction of sp³-hybridized carbons (Fsp3) is 0.900. The normalized spacial score (nSPS) is 16.5. The highest BCUT2D eigenvalue weighted by Crippen LogP contribution is 2.04. The van der Waals surface area contributed by atoms with E-state index in [4.69, 9.17) is 5.11 Å². The molecule has 0 radical (unpaired) electrons. The zero-order chi connectivity index (χ0) is 10.1. The van der Waals surface area contributed by atoms with Crippen molar-refractivity contribution in [2.45, 2.75) is 39.5 Å². The van der Waals surface area contributed by atoms with Crippen LogP contribution in [0.3, 0.4) is 0 Å². The van der Waals surface area contributed by atoms with E-state index in [9.17, 15) is 4.79 Å². The number of hydrogen-bond donors (Lipinski definition) is 1. The van der Waals surface area contributed by atoms with Crippen molar-refractivity contribution in [2.75, 3.05) is 19.6 Å². The number of nitrogens with zero attached hydrogens (tertiary/aromatic N) is 1. The van der Waals surface area contributed by atoms with E-state index >= 15 is 0 Å². The van der Waals surface area contributed by atoms with Crippen molar-refractivity contribution in [1.82, 2.24) is 4.90 Å². The first-order chi connectivity index (χ1) is 6.20. The van der Waals surface area contributed by atoms with E-state index < -0.39 is 5.97 Å². The van der Waals surface area contributed by atoms with Gasteiger partial charge >= 0.3 is 5.97 Å². The number of aliphatic carboxylic acids is 1. The van der Waals surface area contributed by atoms with Crippen LogP contribution in [0.4, 0.5) is 0 Å². The predicted molar refractivity (Wildman–Crippen MR) is 53.9 cm³/mol. The molecule has 0 amide bonds. The Bertz CT molecular complexity index is 131. The minimum absolute atomic E-state index is 0.292. The summed E-state index contributed by atoms with van der Waals surface area (Å²) < 4.78 is 0. The number of carboxylic acids is 1. The van der Waals surface area contributed by atoms with Gasteiger partial charge in [0.1, 0.15) is 0 Å². The van der Waals surface area contributed by atoms with Gasteiger partial charge in [-0.1, -0.05) is 13.8 Å². The summed E-state index contributed by atoms with van der Waals surface area (Å²) in [5.41, 5.74) is 0. The van der Waals surface area contributed by atoms with Crippen LogP contribution in [0.25, 0.3) is 0 Å². The molecule has 1 rings (SSSR count). The fourth-order valence-corrected chi connectivity index (χ4v) is 1.31. The quantitative estimate of drug-likeness (QED) is 0.734. The largest absolute Gasteiger partial charge is 0.481 e. The summed E-state index contributed by atoms with van der Waals surface area (Å²) in [6, 6.07) is 0. The lowest BCUT2D eigenvalue weighted by atomic mass is 10.4. The second kappa shape index (κ2) is 8.05. The molecule has 1 aliphatic rings. The standard InChI is InChI=1S/C6H13N.C4H8O2/c1-2-7-5-3-4-6-7;1-2-3-4(5)6/h2-6H2,1H3;2-3H2,1H3,(H,5,6). The molecule has 0 saturated carbocycles. The maximum atomic E-state index is 9.60. The van der Waals surface area contributed by atoms with Crippen LogP contribution < -0.4 is 0 Å². The molecule has 3 nitrogen and oxygen atoms in total. The summed E-state index contributed by atoms with van der Waals surface area (Å²) in [6.07, 6.45) is 3.87. The third-order valence-electron chi connectivity index (χ3n) is 2.11. The average Bonchev–Trinajstić information content (AvgIpc) is 2.56. The highest BCUT2D eigenvalue weighted by atomic mass is 16.4. The van der Waals surface area contributed by atoms with Crippen LogP contribution in [0.5, 0.6) is 0 Å². The molecule has 1 N–H and O–H groups in total. The Morgan fingerprint density at radius 3 is 2.00 bits per heavy atom. The highest BCUT2D eigenvalue weighted by molar-refractivity contribution is 5.66. The predicted octanol–water partition coefficient (Wildman–Crippen LogP) is 1.97. The zero-order valence-electron chi connectivity index (χ0n) is 8.75. The SMILES string of the molecule is CCCC(=O)O.CCN1CCCC1. The molecule has 0 bridgehead atoms. The van der Waals surface area contributed by atoms with E-state index in [2.05, 4.69) is 11.8 Å². The van der Waals surface area contributed by atoms with Crippen molar-refractivity contribution >= 4 is 5.97 Å². The molecule has 0 unspecified atom stereocenters. The summed E-state index contributed by atoms with van der Waals surface area (Å²) in [5.74, 6) is -0.711. The van der Waals surface area contributed by atoms with Crippen LogP contribution in [0.1, 0.15) is 39.5 Å². The van der Waals surface area contributed by atoms with Crippen molar-refractivity contribution in [3.63, 3.8) is 0 Å². The van der Waals surface area contributed by atoms with Gasteiger partial charge in [-0.3, -0.25) is 4.79 Å². The minimum atomic E-state index is -0.711. The van der Waals surface area contributed by atoms with Crippen LogP contribution in [0, 0.1) is 0 Å². The zero-order valence-corrected chi connectivity index (χ0v) is 8.75. The van der Waals surface area contributed by atoms with Crippen molar-refractivity contribution in [3.05, 3.63) is 0 Å². The maximum absolute atomic E-state index is 9.60. The molecule has 0 aromatic carbocycles. The van der Waals surface area contributed by atoms with Crippen molar-refractivity contribution in [3.8, 4) is 0 Å². The second-order valence-corrected chi connectivity index (χ2v) is 3.29. The monoisotopic (exact) mass is 187 g/mol. The Morgan fingerprint density at radius 2 is 1.85 bits per heavy atom. The Balaban J connectivity index is 0.000000226. The van der Waals surface area contributed by atoms with E-state index in [-0.39, 0.29) is 0 Å². The molecule has 78 valence electrons. The second-order valence-electron chi connectivity index (χ2n) is 3.29. The highest BCUT2D eigenvalue weighted by Gasteiger charge is 2.06. The molecular weight excluding hydrogens is 166 g/mol. The van der Waals surface area contributed by atoms with Gasteiger partial charge in [-0.2, -0.15) is 0 Å². The number of carboxylic acid groups (broad SMARTS) is 1. The molecule has 1 aliphatic heterocycles. The van der Waals surface area contributed by atoms with E-state index in [0.717, 1.165) is 6.42 Å². The van der Waals surface area contributed by atoms with Gasteiger partial charge < -0.3 is 10.0 Å². The van der Waals surface area contributed by atoms with Gasteiger partial charge in [-0.05, 0) is 38.9 Å². The van der Waals surface area contributed by atoms with Crippen LogP contribution in [0.2, 0.25) is 0 Å². The molecular formula is C10H21NO2. The van der Waals surface area contributed by atoms with Gasteiger partial charge in [0.25, 0.3) is 0 Å². The van der Waals surface area contributed by atoms with Crippen LogP contribution in [-0.4, -0.2) is 35.6 Å². The molecule has 0 aromatic heterocycles. The Morgan fingerprint density at radius 1 is 1.31 bits per heavy atom. The van der Waals surface area contributed by atoms with Crippen molar-refractivity contribution < 1.29 is 9.90 Å². The fourth-order valence-electron chi connectivity index (χ4n) is 1.31. The van der Waals surface area contributed by atoms with Gasteiger partial charge in [0.15, 0.2) is 0 Å². The summed E-state index contributed by atoms with van der Waals surface area (Å²) in [5, 5.41) is 7.91. The van der Waals surface area contributed by atoms with Crippen LogP contribution >= 0.6 is 0 Å².